The van der Waals surface area contributed by atoms with Gasteiger partial charge in [0, 0.05) is 29.7 Å². The van der Waals surface area contributed by atoms with Gasteiger partial charge in [-0.3, -0.25) is 0 Å². The van der Waals surface area contributed by atoms with Gasteiger partial charge in [0.15, 0.2) is 6.10 Å². The maximum absolute atomic E-state index is 12.1. The fourth-order valence-corrected chi connectivity index (χ4v) is 3.16. The molecule has 0 bridgehead atoms. The smallest absolute Gasteiger partial charge is 0.382 e. The molecular formula is C12H14F3NOS. The van der Waals surface area contributed by atoms with Crippen molar-refractivity contribution in [2.75, 3.05) is 18.8 Å². The van der Waals surface area contributed by atoms with E-state index < -0.39 is 18.8 Å². The van der Waals surface area contributed by atoms with Crippen LogP contribution in [0.15, 0.2) is 29.2 Å². The van der Waals surface area contributed by atoms with E-state index in [0.29, 0.717) is 6.54 Å². The van der Waals surface area contributed by atoms with E-state index >= 15 is 0 Å². The van der Waals surface area contributed by atoms with E-state index in [0.717, 1.165) is 5.75 Å². The first-order valence-corrected chi connectivity index (χ1v) is 6.64. The van der Waals surface area contributed by atoms with Crippen LogP contribution in [-0.4, -0.2) is 36.2 Å². The van der Waals surface area contributed by atoms with Crippen molar-refractivity contribution in [3.8, 4) is 0 Å². The lowest BCUT2D eigenvalue weighted by molar-refractivity contribution is -0.201. The van der Waals surface area contributed by atoms with Crippen molar-refractivity contribution in [1.82, 2.24) is 5.32 Å². The molecule has 2 N–H and O–H groups in total. The lowest BCUT2D eigenvalue weighted by Gasteiger charge is -2.17. The molecule has 0 spiro atoms. The zero-order valence-corrected chi connectivity index (χ0v) is 10.4. The van der Waals surface area contributed by atoms with Gasteiger partial charge in [0.2, 0.25) is 0 Å². The third-order valence-corrected chi connectivity index (χ3v) is 4.16. The third-order valence-electron chi connectivity index (χ3n) is 2.91. The topological polar surface area (TPSA) is 32.3 Å². The number of rotatable bonds is 4. The quantitative estimate of drug-likeness (QED) is 0.886. The highest BCUT2D eigenvalue weighted by atomic mass is 32.2. The number of alkyl halides is 3. The van der Waals surface area contributed by atoms with E-state index in [9.17, 15) is 13.2 Å². The molecule has 2 nitrogen and oxygen atoms in total. The van der Waals surface area contributed by atoms with Crippen molar-refractivity contribution < 1.29 is 18.3 Å². The van der Waals surface area contributed by atoms with Crippen LogP contribution in [0, 0.1) is 0 Å². The van der Waals surface area contributed by atoms with Crippen molar-refractivity contribution in [2.24, 2.45) is 0 Å². The third kappa shape index (κ3) is 3.18. The summed E-state index contributed by atoms with van der Waals surface area (Å²) in [6, 6.07) is 7.91. The van der Waals surface area contributed by atoms with Gasteiger partial charge in [-0.15, -0.1) is 11.8 Å². The number of thioether (sulfide) groups is 1. The number of halogens is 3. The maximum Gasteiger partial charge on any atom is 0.415 e. The Bertz CT molecular complexity index is 411. The SMILES string of the molecule is OC(CNCC1CSc2ccccc21)C(F)(F)F. The van der Waals surface area contributed by atoms with Gasteiger partial charge in [0.05, 0.1) is 0 Å². The predicted molar refractivity (Wildman–Crippen MR) is 64.8 cm³/mol. The first kappa shape index (κ1) is 13.7. The molecule has 0 aromatic heterocycles. The summed E-state index contributed by atoms with van der Waals surface area (Å²) in [6.45, 7) is 0.00396. The van der Waals surface area contributed by atoms with Crippen LogP contribution in [0.3, 0.4) is 0 Å². The van der Waals surface area contributed by atoms with Crippen LogP contribution in [-0.2, 0) is 0 Å². The Morgan fingerprint density at radius 2 is 2.11 bits per heavy atom. The molecule has 2 rings (SSSR count). The fourth-order valence-electron chi connectivity index (χ4n) is 1.91. The zero-order valence-electron chi connectivity index (χ0n) is 9.57. The maximum atomic E-state index is 12.1. The summed E-state index contributed by atoms with van der Waals surface area (Å²) in [5.74, 6) is 1.08. The lowest BCUT2D eigenvalue weighted by Crippen LogP contribution is -2.39. The molecule has 1 aromatic carbocycles. The molecule has 1 aliphatic rings. The Hall–Kier alpha value is -0.720. The average molecular weight is 277 g/mol. The van der Waals surface area contributed by atoms with Gasteiger partial charge in [-0.05, 0) is 11.6 Å². The minimum atomic E-state index is -4.55. The molecule has 2 atom stereocenters. The predicted octanol–water partition coefficient (Wildman–Crippen LogP) is 2.39. The number of aliphatic hydroxyl groups excluding tert-OH is 1. The molecule has 0 saturated carbocycles. The van der Waals surface area contributed by atoms with Gasteiger partial charge in [0.25, 0.3) is 0 Å². The van der Waals surface area contributed by atoms with Crippen LogP contribution in [0.2, 0.25) is 0 Å². The Morgan fingerprint density at radius 3 is 2.83 bits per heavy atom. The van der Waals surface area contributed by atoms with Crippen LogP contribution >= 0.6 is 11.8 Å². The molecule has 6 heteroatoms. The van der Waals surface area contributed by atoms with E-state index in [-0.39, 0.29) is 5.92 Å². The molecule has 1 aromatic rings. The molecular weight excluding hydrogens is 263 g/mol. The van der Waals surface area contributed by atoms with Gasteiger partial charge < -0.3 is 10.4 Å². The van der Waals surface area contributed by atoms with E-state index in [4.69, 9.17) is 5.11 Å². The summed E-state index contributed by atoms with van der Waals surface area (Å²) in [4.78, 5) is 1.20. The fraction of sp³-hybridized carbons (Fsp3) is 0.500. The molecule has 1 heterocycles. The Kier molecular flexibility index (Phi) is 4.19. The monoisotopic (exact) mass is 277 g/mol. The first-order chi connectivity index (χ1) is 8.48. The van der Waals surface area contributed by atoms with E-state index in [1.165, 1.54) is 10.5 Å². The minimum Gasteiger partial charge on any atom is -0.382 e. The summed E-state index contributed by atoms with van der Waals surface area (Å²) < 4.78 is 36.3. The highest BCUT2D eigenvalue weighted by molar-refractivity contribution is 7.99. The van der Waals surface area contributed by atoms with Crippen LogP contribution in [0.4, 0.5) is 13.2 Å². The normalized spacial score (nSPS) is 20.8. The number of hydrogen-bond acceptors (Lipinski definition) is 3. The molecule has 0 saturated heterocycles. The number of nitrogens with one attached hydrogen (secondary N) is 1. The molecule has 18 heavy (non-hydrogen) atoms. The zero-order chi connectivity index (χ0) is 13.2. The molecule has 0 radical (unpaired) electrons. The lowest BCUT2D eigenvalue weighted by atomic mass is 10.0. The summed E-state index contributed by atoms with van der Waals surface area (Å²) >= 11 is 1.72. The Labute approximate surface area is 108 Å². The second kappa shape index (κ2) is 5.50. The number of aliphatic hydroxyl groups is 1. The first-order valence-electron chi connectivity index (χ1n) is 5.65. The van der Waals surface area contributed by atoms with Crippen molar-refractivity contribution in [3.63, 3.8) is 0 Å². The second-order valence-corrected chi connectivity index (χ2v) is 5.32. The van der Waals surface area contributed by atoms with Crippen molar-refractivity contribution in [2.45, 2.75) is 23.1 Å². The van der Waals surface area contributed by atoms with E-state index in [1.54, 1.807) is 11.8 Å². The Morgan fingerprint density at radius 1 is 1.39 bits per heavy atom. The van der Waals surface area contributed by atoms with Gasteiger partial charge in [-0.1, -0.05) is 18.2 Å². The summed E-state index contributed by atoms with van der Waals surface area (Å²) in [7, 11) is 0. The van der Waals surface area contributed by atoms with E-state index in [1.807, 2.05) is 24.3 Å². The molecule has 0 amide bonds. The molecule has 1 aliphatic heterocycles. The van der Waals surface area contributed by atoms with E-state index in [2.05, 4.69) is 5.32 Å². The molecule has 0 fully saturated rings. The average Bonchev–Trinajstić information content (AvgIpc) is 2.71. The van der Waals surface area contributed by atoms with Gasteiger partial charge in [0.1, 0.15) is 0 Å². The summed E-state index contributed by atoms with van der Waals surface area (Å²) in [5, 5.41) is 11.6. The molecule has 100 valence electrons. The van der Waals surface area contributed by atoms with Crippen LogP contribution < -0.4 is 5.32 Å². The molecule has 2 unspecified atom stereocenters. The second-order valence-electron chi connectivity index (χ2n) is 4.26. The summed E-state index contributed by atoms with van der Waals surface area (Å²) in [5.41, 5.74) is 1.18. The van der Waals surface area contributed by atoms with Gasteiger partial charge >= 0.3 is 6.18 Å². The van der Waals surface area contributed by atoms with Crippen LogP contribution in [0.25, 0.3) is 0 Å². The largest absolute Gasteiger partial charge is 0.415 e. The van der Waals surface area contributed by atoms with Crippen molar-refractivity contribution >= 4 is 11.8 Å². The van der Waals surface area contributed by atoms with Gasteiger partial charge in [-0.25, -0.2) is 0 Å². The number of fused-ring (bicyclic) bond motifs is 1. The number of hydrogen-bond donors (Lipinski definition) is 2. The highest BCUT2D eigenvalue weighted by Crippen LogP contribution is 2.38. The van der Waals surface area contributed by atoms with Crippen molar-refractivity contribution in [3.05, 3.63) is 29.8 Å². The summed E-state index contributed by atoms with van der Waals surface area (Å²) in [6.07, 6.45) is -6.84. The Balaban J connectivity index is 1.83. The minimum absolute atomic E-state index is 0.214. The van der Waals surface area contributed by atoms with Crippen LogP contribution in [0.1, 0.15) is 11.5 Å². The number of benzene rings is 1. The van der Waals surface area contributed by atoms with Crippen LogP contribution in [0.5, 0.6) is 0 Å². The highest BCUT2D eigenvalue weighted by Gasteiger charge is 2.37. The van der Waals surface area contributed by atoms with Crippen molar-refractivity contribution in [1.29, 1.82) is 0 Å². The standard InChI is InChI=1S/C12H14F3NOS/c13-12(14,15)11(17)6-16-5-8-7-18-10-4-2-1-3-9(8)10/h1-4,8,11,16-17H,5-7H2. The molecule has 0 aliphatic carbocycles. The van der Waals surface area contributed by atoms with Gasteiger partial charge in [-0.2, -0.15) is 13.2 Å².